The number of methoxy groups -OCH3 is 1. The van der Waals surface area contributed by atoms with Crippen LogP contribution < -0.4 is 9.64 Å². The summed E-state index contributed by atoms with van der Waals surface area (Å²) in [4.78, 5) is 1.50. The van der Waals surface area contributed by atoms with Crippen molar-refractivity contribution in [2.45, 2.75) is 0 Å². The van der Waals surface area contributed by atoms with E-state index in [1.807, 2.05) is 12.1 Å². The summed E-state index contributed by atoms with van der Waals surface area (Å²) in [6.45, 7) is 3.85. The number of morpholine rings is 1. The van der Waals surface area contributed by atoms with Crippen molar-refractivity contribution in [3.8, 4) is 5.75 Å². The highest BCUT2D eigenvalue weighted by molar-refractivity contribution is 5.35. The number of nitrogens with one attached hydrogen (secondary N) is 1. The maximum Gasteiger partial charge on any atom is 0.131 e. The van der Waals surface area contributed by atoms with E-state index in [2.05, 4.69) is 12.1 Å². The predicted octanol–water partition coefficient (Wildman–Crippen LogP) is 0.242. The Morgan fingerprint density at radius 2 is 1.79 bits per heavy atom. The summed E-state index contributed by atoms with van der Waals surface area (Å²) in [5.74, 6) is 0.918. The number of quaternary nitrogens is 1. The summed E-state index contributed by atoms with van der Waals surface area (Å²) >= 11 is 0. The Morgan fingerprint density at radius 3 is 2.36 bits per heavy atom. The first-order valence-corrected chi connectivity index (χ1v) is 4.97. The van der Waals surface area contributed by atoms with Crippen LogP contribution in [0.15, 0.2) is 24.3 Å². The van der Waals surface area contributed by atoms with Crippen LogP contribution in [0.1, 0.15) is 0 Å². The SMILES string of the molecule is COc1ccc([NH+]2CCOCC2)cc1. The molecule has 0 aromatic heterocycles. The first-order chi connectivity index (χ1) is 6.90. The third kappa shape index (κ3) is 2.05. The summed E-state index contributed by atoms with van der Waals surface area (Å²) in [7, 11) is 1.69. The zero-order valence-electron chi connectivity index (χ0n) is 8.45. The fourth-order valence-corrected chi connectivity index (χ4v) is 1.73. The summed E-state index contributed by atoms with van der Waals surface area (Å²) in [5, 5.41) is 0. The number of hydrogen-bond donors (Lipinski definition) is 1. The van der Waals surface area contributed by atoms with Crippen molar-refractivity contribution in [1.29, 1.82) is 0 Å². The lowest BCUT2D eigenvalue weighted by atomic mass is 10.2. The van der Waals surface area contributed by atoms with Crippen molar-refractivity contribution in [3.05, 3.63) is 24.3 Å². The van der Waals surface area contributed by atoms with E-state index in [0.717, 1.165) is 32.1 Å². The Morgan fingerprint density at radius 1 is 1.14 bits per heavy atom. The van der Waals surface area contributed by atoms with Crippen LogP contribution in [0.3, 0.4) is 0 Å². The van der Waals surface area contributed by atoms with Crippen LogP contribution in [-0.4, -0.2) is 33.4 Å². The van der Waals surface area contributed by atoms with Gasteiger partial charge in [0.25, 0.3) is 0 Å². The molecule has 1 aromatic carbocycles. The monoisotopic (exact) mass is 194 g/mol. The largest absolute Gasteiger partial charge is 0.497 e. The molecule has 0 saturated carbocycles. The molecule has 0 bridgehead atoms. The van der Waals surface area contributed by atoms with E-state index in [9.17, 15) is 0 Å². The van der Waals surface area contributed by atoms with Crippen LogP contribution >= 0.6 is 0 Å². The highest BCUT2D eigenvalue weighted by Crippen LogP contribution is 2.12. The van der Waals surface area contributed by atoms with Gasteiger partial charge in [-0.15, -0.1) is 0 Å². The lowest BCUT2D eigenvalue weighted by Crippen LogP contribution is -3.09. The molecule has 2 rings (SSSR count). The second kappa shape index (κ2) is 4.44. The highest BCUT2D eigenvalue weighted by Gasteiger charge is 2.15. The van der Waals surface area contributed by atoms with Gasteiger partial charge < -0.3 is 9.47 Å². The minimum atomic E-state index is 0.862. The van der Waals surface area contributed by atoms with Crippen molar-refractivity contribution in [3.63, 3.8) is 0 Å². The molecule has 14 heavy (non-hydrogen) atoms. The van der Waals surface area contributed by atoms with Crippen molar-refractivity contribution >= 4 is 5.69 Å². The topological polar surface area (TPSA) is 22.9 Å². The zero-order chi connectivity index (χ0) is 9.80. The number of rotatable bonds is 2. The lowest BCUT2D eigenvalue weighted by molar-refractivity contribution is -0.842. The van der Waals surface area contributed by atoms with Crippen LogP contribution in [0.5, 0.6) is 5.75 Å². The third-order valence-electron chi connectivity index (χ3n) is 2.59. The van der Waals surface area contributed by atoms with Crippen LogP contribution in [0.2, 0.25) is 0 Å². The van der Waals surface area contributed by atoms with Gasteiger partial charge in [-0.2, -0.15) is 0 Å². The minimum Gasteiger partial charge on any atom is -0.497 e. The second-order valence-electron chi connectivity index (χ2n) is 3.44. The van der Waals surface area contributed by atoms with Gasteiger partial charge in [-0.05, 0) is 12.1 Å². The number of ether oxygens (including phenoxy) is 2. The van der Waals surface area contributed by atoms with Crippen molar-refractivity contribution in [2.24, 2.45) is 0 Å². The van der Waals surface area contributed by atoms with Crippen molar-refractivity contribution in [1.82, 2.24) is 0 Å². The van der Waals surface area contributed by atoms with Gasteiger partial charge in [-0.3, -0.25) is 4.90 Å². The third-order valence-corrected chi connectivity index (χ3v) is 2.59. The van der Waals surface area contributed by atoms with Crippen LogP contribution in [0.4, 0.5) is 5.69 Å². The van der Waals surface area contributed by atoms with E-state index in [-0.39, 0.29) is 0 Å². The molecule has 0 amide bonds. The summed E-state index contributed by atoms with van der Waals surface area (Å²) in [5.41, 5.74) is 1.33. The molecule has 3 nitrogen and oxygen atoms in total. The summed E-state index contributed by atoms with van der Waals surface area (Å²) < 4.78 is 10.4. The molecule has 0 atom stereocenters. The van der Waals surface area contributed by atoms with Gasteiger partial charge >= 0.3 is 0 Å². The molecule has 0 spiro atoms. The quantitative estimate of drug-likeness (QED) is 0.729. The number of hydrogen-bond acceptors (Lipinski definition) is 2. The standard InChI is InChI=1S/C11H15NO2/c1-13-11-4-2-10(3-5-11)12-6-8-14-9-7-12/h2-5H,6-9H2,1H3/p+1. The predicted molar refractivity (Wildman–Crippen MR) is 54.2 cm³/mol. The van der Waals surface area contributed by atoms with E-state index < -0.39 is 0 Å². The fraction of sp³-hybridized carbons (Fsp3) is 0.455. The molecule has 76 valence electrons. The molecule has 0 aliphatic carbocycles. The van der Waals surface area contributed by atoms with Crippen LogP contribution in [0.25, 0.3) is 0 Å². The van der Waals surface area contributed by atoms with Gasteiger partial charge in [0.05, 0.1) is 20.3 Å². The van der Waals surface area contributed by atoms with E-state index in [1.165, 1.54) is 10.6 Å². The summed E-state index contributed by atoms with van der Waals surface area (Å²) in [6.07, 6.45) is 0. The van der Waals surface area contributed by atoms with Gasteiger partial charge in [0.2, 0.25) is 0 Å². The fourth-order valence-electron chi connectivity index (χ4n) is 1.73. The average Bonchev–Trinajstić information content (AvgIpc) is 2.30. The van der Waals surface area contributed by atoms with Crippen LogP contribution in [-0.2, 0) is 4.74 Å². The molecular weight excluding hydrogens is 178 g/mol. The minimum absolute atomic E-state index is 0.862. The molecule has 1 fully saturated rings. The molecule has 0 radical (unpaired) electrons. The molecular formula is C11H16NO2+. The van der Waals surface area contributed by atoms with Crippen molar-refractivity contribution < 1.29 is 14.4 Å². The normalized spacial score (nSPS) is 18.1. The van der Waals surface area contributed by atoms with Gasteiger partial charge in [-0.1, -0.05) is 0 Å². The second-order valence-corrected chi connectivity index (χ2v) is 3.44. The molecule has 1 N–H and O–H groups in total. The van der Waals surface area contributed by atoms with Crippen LogP contribution in [0, 0.1) is 0 Å². The van der Waals surface area contributed by atoms with Gasteiger partial charge in [0, 0.05) is 12.1 Å². The molecule has 1 aliphatic rings. The van der Waals surface area contributed by atoms with E-state index >= 15 is 0 Å². The smallest absolute Gasteiger partial charge is 0.131 e. The first kappa shape index (κ1) is 9.49. The van der Waals surface area contributed by atoms with E-state index in [4.69, 9.17) is 9.47 Å². The van der Waals surface area contributed by atoms with Gasteiger partial charge in [-0.25, -0.2) is 0 Å². The average molecular weight is 194 g/mol. The zero-order valence-corrected chi connectivity index (χ0v) is 8.45. The summed E-state index contributed by atoms with van der Waals surface area (Å²) in [6, 6.07) is 8.27. The Labute approximate surface area is 84.2 Å². The van der Waals surface area contributed by atoms with Gasteiger partial charge in [0.1, 0.15) is 24.5 Å². The van der Waals surface area contributed by atoms with Gasteiger partial charge in [0.15, 0.2) is 0 Å². The molecule has 3 heteroatoms. The maximum atomic E-state index is 5.32. The molecule has 0 unspecified atom stereocenters. The molecule has 1 aromatic rings. The van der Waals surface area contributed by atoms with E-state index in [1.54, 1.807) is 7.11 Å². The highest BCUT2D eigenvalue weighted by atomic mass is 16.5. The number of benzene rings is 1. The van der Waals surface area contributed by atoms with E-state index in [0.29, 0.717) is 0 Å². The Balaban J connectivity index is 2.07. The Kier molecular flexibility index (Phi) is 3.01. The molecule has 1 heterocycles. The first-order valence-electron chi connectivity index (χ1n) is 4.97. The van der Waals surface area contributed by atoms with Crippen molar-refractivity contribution in [2.75, 3.05) is 33.4 Å². The maximum absolute atomic E-state index is 5.32. The molecule has 1 aliphatic heterocycles. The molecule has 1 saturated heterocycles. The lowest BCUT2D eigenvalue weighted by Gasteiger charge is -2.23. The Hall–Kier alpha value is -1.06. The Bertz CT molecular complexity index is 278.